The van der Waals surface area contributed by atoms with E-state index in [1.165, 1.54) is 12.8 Å². The highest BCUT2D eigenvalue weighted by atomic mass is 16.5. The molecule has 0 aromatic heterocycles. The van der Waals surface area contributed by atoms with Crippen molar-refractivity contribution in [3.05, 3.63) is 0 Å². The number of hydrogen-bond acceptors (Lipinski definition) is 3. The van der Waals surface area contributed by atoms with Gasteiger partial charge in [0.25, 0.3) is 5.91 Å². The molecular formula is C11H22N2O2. The van der Waals surface area contributed by atoms with Crippen LogP contribution < -0.4 is 5.32 Å². The van der Waals surface area contributed by atoms with E-state index in [1.54, 1.807) is 14.0 Å². The molecule has 1 aliphatic rings. The summed E-state index contributed by atoms with van der Waals surface area (Å²) in [4.78, 5) is 13.7. The van der Waals surface area contributed by atoms with Crippen molar-refractivity contribution in [2.45, 2.75) is 38.8 Å². The summed E-state index contributed by atoms with van der Waals surface area (Å²) in [7, 11) is 1.57. The summed E-state index contributed by atoms with van der Waals surface area (Å²) in [5, 5.41) is 3.40. The van der Waals surface area contributed by atoms with Crippen LogP contribution in [0.5, 0.6) is 0 Å². The Morgan fingerprint density at radius 2 is 2.40 bits per heavy atom. The Labute approximate surface area is 92.0 Å². The van der Waals surface area contributed by atoms with Gasteiger partial charge in [0, 0.05) is 26.2 Å². The molecule has 1 N–H and O–H groups in total. The summed E-state index contributed by atoms with van der Waals surface area (Å²) >= 11 is 0. The number of nitrogens with one attached hydrogen (secondary N) is 1. The van der Waals surface area contributed by atoms with Gasteiger partial charge in [-0.05, 0) is 33.2 Å². The highest BCUT2D eigenvalue weighted by Gasteiger charge is 2.23. The predicted molar refractivity (Wildman–Crippen MR) is 59.7 cm³/mol. The van der Waals surface area contributed by atoms with E-state index in [4.69, 9.17) is 4.74 Å². The first kappa shape index (κ1) is 12.5. The van der Waals surface area contributed by atoms with E-state index in [9.17, 15) is 4.79 Å². The molecule has 2 unspecified atom stereocenters. The van der Waals surface area contributed by atoms with Gasteiger partial charge >= 0.3 is 0 Å². The van der Waals surface area contributed by atoms with E-state index in [1.807, 2.05) is 11.8 Å². The Balaban J connectivity index is 2.43. The van der Waals surface area contributed by atoms with Crippen molar-refractivity contribution >= 4 is 5.91 Å². The number of rotatable bonds is 5. The summed E-state index contributed by atoms with van der Waals surface area (Å²) < 4.78 is 5.05. The number of amides is 1. The van der Waals surface area contributed by atoms with Crippen molar-refractivity contribution in [3.8, 4) is 0 Å². The summed E-state index contributed by atoms with van der Waals surface area (Å²) in [5.41, 5.74) is 0. The van der Waals surface area contributed by atoms with Gasteiger partial charge in [0.05, 0.1) is 0 Å². The molecule has 1 aliphatic heterocycles. The van der Waals surface area contributed by atoms with Gasteiger partial charge in [0.2, 0.25) is 0 Å². The number of nitrogens with zero attached hydrogens (tertiary/aromatic N) is 1. The fraction of sp³-hybridized carbons (Fsp3) is 0.909. The molecule has 0 radical (unpaired) electrons. The van der Waals surface area contributed by atoms with Crippen molar-refractivity contribution in [1.82, 2.24) is 10.2 Å². The molecule has 4 nitrogen and oxygen atoms in total. The molecule has 0 spiro atoms. The minimum absolute atomic E-state index is 0.0914. The topological polar surface area (TPSA) is 41.6 Å². The summed E-state index contributed by atoms with van der Waals surface area (Å²) in [6, 6.07) is 0.470. The van der Waals surface area contributed by atoms with Gasteiger partial charge in [0.1, 0.15) is 6.10 Å². The normalized spacial score (nSPS) is 22.7. The molecule has 0 saturated carbocycles. The first-order valence-corrected chi connectivity index (χ1v) is 5.74. The number of hydrogen-bond donors (Lipinski definition) is 1. The van der Waals surface area contributed by atoms with Gasteiger partial charge < -0.3 is 15.0 Å². The van der Waals surface area contributed by atoms with Crippen LogP contribution in [0, 0.1) is 0 Å². The van der Waals surface area contributed by atoms with Crippen LogP contribution in [0.1, 0.15) is 26.7 Å². The standard InChI is InChI=1S/C11H22N2O2/c1-4-13(11(14)9(2)15-3)8-10-6-5-7-12-10/h9-10,12H,4-8H2,1-3H3. The van der Waals surface area contributed by atoms with Gasteiger partial charge in [-0.15, -0.1) is 0 Å². The predicted octanol–water partition coefficient (Wildman–Crippen LogP) is 0.622. The number of likely N-dealkylation sites (N-methyl/N-ethyl adjacent to an activating group) is 1. The van der Waals surface area contributed by atoms with Crippen LogP contribution in [0.15, 0.2) is 0 Å². The fourth-order valence-corrected chi connectivity index (χ4v) is 1.91. The van der Waals surface area contributed by atoms with Crippen molar-refractivity contribution in [2.24, 2.45) is 0 Å². The second kappa shape index (κ2) is 6.08. The van der Waals surface area contributed by atoms with Crippen molar-refractivity contribution in [1.29, 1.82) is 0 Å². The lowest BCUT2D eigenvalue weighted by Crippen LogP contribution is -2.45. The number of ether oxygens (including phenoxy) is 1. The summed E-state index contributed by atoms with van der Waals surface area (Å²) in [6.45, 7) is 6.45. The molecule has 0 aromatic rings. The molecule has 0 aliphatic carbocycles. The minimum atomic E-state index is -0.327. The molecule has 1 fully saturated rings. The van der Waals surface area contributed by atoms with E-state index in [2.05, 4.69) is 5.32 Å². The zero-order valence-corrected chi connectivity index (χ0v) is 9.95. The monoisotopic (exact) mass is 214 g/mol. The average molecular weight is 214 g/mol. The minimum Gasteiger partial charge on any atom is -0.372 e. The molecule has 1 heterocycles. The zero-order chi connectivity index (χ0) is 11.3. The maximum atomic E-state index is 11.9. The smallest absolute Gasteiger partial charge is 0.251 e. The van der Waals surface area contributed by atoms with Gasteiger partial charge in [-0.1, -0.05) is 0 Å². The van der Waals surface area contributed by atoms with Crippen LogP contribution >= 0.6 is 0 Å². The Morgan fingerprint density at radius 1 is 1.67 bits per heavy atom. The van der Waals surface area contributed by atoms with Crippen molar-refractivity contribution < 1.29 is 9.53 Å². The van der Waals surface area contributed by atoms with Gasteiger partial charge in [-0.3, -0.25) is 4.79 Å². The second-order valence-electron chi connectivity index (χ2n) is 4.05. The molecule has 1 amide bonds. The first-order valence-electron chi connectivity index (χ1n) is 5.74. The SMILES string of the molecule is CCN(CC1CCCN1)C(=O)C(C)OC. The van der Waals surface area contributed by atoms with Crippen LogP contribution in [-0.2, 0) is 9.53 Å². The van der Waals surface area contributed by atoms with Gasteiger partial charge in [-0.2, -0.15) is 0 Å². The van der Waals surface area contributed by atoms with Crippen molar-refractivity contribution in [3.63, 3.8) is 0 Å². The highest BCUT2D eigenvalue weighted by Crippen LogP contribution is 2.08. The van der Waals surface area contributed by atoms with Crippen LogP contribution in [0.2, 0.25) is 0 Å². The third-order valence-electron chi connectivity index (χ3n) is 3.00. The quantitative estimate of drug-likeness (QED) is 0.729. The number of carbonyl (C=O) groups is 1. The molecule has 1 saturated heterocycles. The Morgan fingerprint density at radius 3 is 2.87 bits per heavy atom. The summed E-state index contributed by atoms with van der Waals surface area (Å²) in [5.74, 6) is 0.0914. The largest absolute Gasteiger partial charge is 0.372 e. The second-order valence-corrected chi connectivity index (χ2v) is 4.05. The lowest BCUT2D eigenvalue weighted by molar-refractivity contribution is -0.141. The lowest BCUT2D eigenvalue weighted by Gasteiger charge is -2.26. The Kier molecular flexibility index (Phi) is 5.05. The first-order chi connectivity index (χ1) is 7.19. The Bertz CT molecular complexity index is 203. The van der Waals surface area contributed by atoms with Crippen LogP contribution in [0.25, 0.3) is 0 Å². The Hall–Kier alpha value is -0.610. The average Bonchev–Trinajstić information content (AvgIpc) is 2.76. The third-order valence-corrected chi connectivity index (χ3v) is 3.00. The number of methoxy groups -OCH3 is 1. The highest BCUT2D eigenvalue weighted by molar-refractivity contribution is 5.80. The van der Waals surface area contributed by atoms with Crippen molar-refractivity contribution in [2.75, 3.05) is 26.7 Å². The molecule has 0 aromatic carbocycles. The third kappa shape index (κ3) is 3.47. The van der Waals surface area contributed by atoms with Gasteiger partial charge in [0.15, 0.2) is 0 Å². The molecule has 0 bridgehead atoms. The fourth-order valence-electron chi connectivity index (χ4n) is 1.91. The molecule has 2 atom stereocenters. The van der Waals surface area contributed by atoms with E-state index in [0.29, 0.717) is 6.04 Å². The lowest BCUT2D eigenvalue weighted by atomic mass is 10.2. The molecule has 15 heavy (non-hydrogen) atoms. The maximum Gasteiger partial charge on any atom is 0.251 e. The van der Waals surface area contributed by atoms with Crippen LogP contribution in [0.3, 0.4) is 0 Å². The van der Waals surface area contributed by atoms with E-state index in [0.717, 1.165) is 19.6 Å². The maximum absolute atomic E-state index is 11.9. The van der Waals surface area contributed by atoms with E-state index in [-0.39, 0.29) is 12.0 Å². The van der Waals surface area contributed by atoms with Crippen LogP contribution in [0.4, 0.5) is 0 Å². The molecule has 88 valence electrons. The molecule has 4 heteroatoms. The zero-order valence-electron chi connectivity index (χ0n) is 9.95. The van der Waals surface area contributed by atoms with E-state index < -0.39 is 0 Å². The number of carbonyl (C=O) groups excluding carboxylic acids is 1. The summed E-state index contributed by atoms with van der Waals surface area (Å²) in [6.07, 6.45) is 2.06. The van der Waals surface area contributed by atoms with E-state index >= 15 is 0 Å². The molecular weight excluding hydrogens is 192 g/mol. The van der Waals surface area contributed by atoms with Crippen LogP contribution in [-0.4, -0.2) is 49.7 Å². The molecule has 1 rings (SSSR count). The van der Waals surface area contributed by atoms with Gasteiger partial charge in [-0.25, -0.2) is 0 Å².